The summed E-state index contributed by atoms with van der Waals surface area (Å²) in [6, 6.07) is 0. The molecule has 0 bridgehead atoms. The van der Waals surface area contributed by atoms with Crippen LogP contribution in [0.25, 0.3) is 0 Å². The van der Waals surface area contributed by atoms with Gasteiger partial charge in [-0.25, -0.2) is 0 Å². The summed E-state index contributed by atoms with van der Waals surface area (Å²) in [5.41, 5.74) is 0. The van der Waals surface area contributed by atoms with Gasteiger partial charge in [-0.2, -0.15) is 0 Å². The molecule has 1 unspecified atom stereocenters. The molecule has 0 heterocycles. The average molecular weight is 129 g/mol. The number of hydrogen-bond acceptors (Lipinski definition) is 2. The van der Waals surface area contributed by atoms with E-state index < -0.39 is 0 Å². The van der Waals surface area contributed by atoms with Crippen molar-refractivity contribution in [3.63, 3.8) is 0 Å². The summed E-state index contributed by atoms with van der Waals surface area (Å²) in [6.07, 6.45) is 5.26. The third-order valence-electron chi connectivity index (χ3n) is 1.15. The van der Waals surface area contributed by atoms with Gasteiger partial charge >= 0.3 is 0 Å². The Kier molecular flexibility index (Phi) is 5.32. The minimum Gasteiger partial charge on any atom is -0.394 e. The summed E-state index contributed by atoms with van der Waals surface area (Å²) in [4.78, 5) is 0. The summed E-state index contributed by atoms with van der Waals surface area (Å²) < 4.78 is 5.02. The van der Waals surface area contributed by atoms with Crippen LogP contribution in [0.5, 0.6) is 0 Å². The number of nitrogens with one attached hydrogen (secondary N) is 1. The standard InChI is InChI=1S/C7H15NO/c1-7(9-3)5-4-6-8-2/h4,6-8H,5H2,1-3H3/b6-4-. The van der Waals surface area contributed by atoms with Gasteiger partial charge < -0.3 is 10.1 Å². The van der Waals surface area contributed by atoms with Crippen molar-refractivity contribution in [3.05, 3.63) is 12.3 Å². The lowest BCUT2D eigenvalue weighted by Crippen LogP contribution is -2.02. The molecule has 2 nitrogen and oxygen atoms in total. The zero-order chi connectivity index (χ0) is 7.11. The van der Waals surface area contributed by atoms with Crippen LogP contribution >= 0.6 is 0 Å². The third-order valence-corrected chi connectivity index (χ3v) is 1.15. The fourth-order valence-electron chi connectivity index (χ4n) is 0.474. The van der Waals surface area contributed by atoms with Gasteiger partial charge in [-0.05, 0) is 19.5 Å². The molecule has 0 aromatic heterocycles. The van der Waals surface area contributed by atoms with Crippen molar-refractivity contribution in [1.82, 2.24) is 5.32 Å². The fourth-order valence-corrected chi connectivity index (χ4v) is 0.474. The average Bonchev–Trinajstić information content (AvgIpc) is 1.89. The molecule has 0 aromatic carbocycles. The molecule has 1 N–H and O–H groups in total. The number of hydrogen-bond donors (Lipinski definition) is 1. The quantitative estimate of drug-likeness (QED) is 0.614. The number of ether oxygens (including phenoxy) is 1. The van der Waals surface area contributed by atoms with Crippen molar-refractivity contribution >= 4 is 0 Å². The Labute approximate surface area is 56.9 Å². The monoisotopic (exact) mass is 129 g/mol. The summed E-state index contributed by atoms with van der Waals surface area (Å²) in [5, 5.41) is 2.91. The Balaban J connectivity index is 3.15. The minimum atomic E-state index is 0.328. The zero-order valence-corrected chi connectivity index (χ0v) is 6.35. The molecule has 0 aliphatic rings. The first-order valence-corrected chi connectivity index (χ1v) is 3.16. The topological polar surface area (TPSA) is 21.3 Å². The third kappa shape index (κ3) is 5.37. The maximum absolute atomic E-state index is 5.02. The highest BCUT2D eigenvalue weighted by molar-refractivity contribution is 4.79. The van der Waals surface area contributed by atoms with Crippen LogP contribution in [0.15, 0.2) is 12.3 Å². The van der Waals surface area contributed by atoms with Gasteiger partial charge in [-0.1, -0.05) is 6.08 Å². The molecule has 0 aliphatic carbocycles. The highest BCUT2D eigenvalue weighted by atomic mass is 16.5. The van der Waals surface area contributed by atoms with E-state index in [-0.39, 0.29) is 0 Å². The highest BCUT2D eigenvalue weighted by Gasteiger charge is 1.91. The smallest absolute Gasteiger partial charge is 0.0578 e. The maximum atomic E-state index is 5.02. The van der Waals surface area contributed by atoms with E-state index >= 15 is 0 Å². The first kappa shape index (κ1) is 8.50. The molecular formula is C7H15NO. The van der Waals surface area contributed by atoms with E-state index in [9.17, 15) is 0 Å². The van der Waals surface area contributed by atoms with E-state index in [1.54, 1.807) is 7.11 Å². The number of rotatable bonds is 4. The van der Waals surface area contributed by atoms with Crippen LogP contribution in [0, 0.1) is 0 Å². The van der Waals surface area contributed by atoms with Crippen LogP contribution in [0.3, 0.4) is 0 Å². The predicted octanol–water partition coefficient (Wildman–Crippen LogP) is 1.14. The maximum Gasteiger partial charge on any atom is 0.0578 e. The van der Waals surface area contributed by atoms with E-state index in [2.05, 4.69) is 5.32 Å². The summed E-state index contributed by atoms with van der Waals surface area (Å²) in [7, 11) is 3.60. The van der Waals surface area contributed by atoms with E-state index in [0.29, 0.717) is 6.10 Å². The Morgan fingerprint density at radius 3 is 2.78 bits per heavy atom. The van der Waals surface area contributed by atoms with Gasteiger partial charge in [-0.3, -0.25) is 0 Å². The molecule has 0 radical (unpaired) electrons. The van der Waals surface area contributed by atoms with E-state index in [4.69, 9.17) is 4.74 Å². The van der Waals surface area contributed by atoms with Crippen molar-refractivity contribution in [2.45, 2.75) is 19.4 Å². The second-order valence-electron chi connectivity index (χ2n) is 1.97. The molecule has 9 heavy (non-hydrogen) atoms. The molecule has 0 saturated carbocycles. The van der Waals surface area contributed by atoms with Crippen LogP contribution in [-0.4, -0.2) is 20.3 Å². The Morgan fingerprint density at radius 1 is 1.67 bits per heavy atom. The highest BCUT2D eigenvalue weighted by Crippen LogP contribution is 1.94. The minimum absolute atomic E-state index is 0.328. The molecule has 0 fully saturated rings. The van der Waals surface area contributed by atoms with Crippen LogP contribution < -0.4 is 5.32 Å². The molecule has 0 saturated heterocycles. The Morgan fingerprint density at radius 2 is 2.33 bits per heavy atom. The van der Waals surface area contributed by atoms with E-state index in [1.165, 1.54) is 0 Å². The SMILES string of the molecule is CN/C=C\CC(C)OC. The summed E-state index contributed by atoms with van der Waals surface area (Å²) in [6.45, 7) is 2.04. The molecule has 0 rings (SSSR count). The molecule has 2 heteroatoms. The van der Waals surface area contributed by atoms with Gasteiger partial charge in [0.1, 0.15) is 0 Å². The van der Waals surface area contributed by atoms with Gasteiger partial charge in [0.15, 0.2) is 0 Å². The first-order valence-electron chi connectivity index (χ1n) is 3.16. The van der Waals surface area contributed by atoms with E-state index in [1.807, 2.05) is 26.2 Å². The Bertz CT molecular complexity index is 81.0. The second kappa shape index (κ2) is 5.63. The number of methoxy groups -OCH3 is 1. The molecule has 0 aliphatic heterocycles. The van der Waals surface area contributed by atoms with Crippen molar-refractivity contribution in [2.75, 3.05) is 14.2 Å². The largest absolute Gasteiger partial charge is 0.394 e. The van der Waals surface area contributed by atoms with Gasteiger partial charge in [-0.15, -0.1) is 0 Å². The summed E-state index contributed by atoms with van der Waals surface area (Å²) in [5.74, 6) is 0. The van der Waals surface area contributed by atoms with Gasteiger partial charge in [0.25, 0.3) is 0 Å². The zero-order valence-electron chi connectivity index (χ0n) is 6.35. The van der Waals surface area contributed by atoms with Gasteiger partial charge in [0.2, 0.25) is 0 Å². The van der Waals surface area contributed by atoms with E-state index in [0.717, 1.165) is 6.42 Å². The van der Waals surface area contributed by atoms with Crippen LogP contribution in [0.2, 0.25) is 0 Å². The predicted molar refractivity (Wildman–Crippen MR) is 39.3 cm³/mol. The lowest BCUT2D eigenvalue weighted by molar-refractivity contribution is 0.121. The lowest BCUT2D eigenvalue weighted by Gasteiger charge is -2.03. The van der Waals surface area contributed by atoms with Crippen molar-refractivity contribution < 1.29 is 4.74 Å². The van der Waals surface area contributed by atoms with Crippen molar-refractivity contribution in [1.29, 1.82) is 0 Å². The van der Waals surface area contributed by atoms with Crippen LogP contribution in [-0.2, 0) is 4.74 Å². The first-order chi connectivity index (χ1) is 4.31. The fraction of sp³-hybridized carbons (Fsp3) is 0.714. The molecule has 1 atom stereocenters. The Hall–Kier alpha value is -0.500. The summed E-state index contributed by atoms with van der Waals surface area (Å²) >= 11 is 0. The van der Waals surface area contributed by atoms with Crippen molar-refractivity contribution in [2.24, 2.45) is 0 Å². The second-order valence-corrected chi connectivity index (χ2v) is 1.97. The lowest BCUT2D eigenvalue weighted by atomic mass is 10.3. The van der Waals surface area contributed by atoms with Crippen molar-refractivity contribution in [3.8, 4) is 0 Å². The molecule has 0 amide bonds. The van der Waals surface area contributed by atoms with Gasteiger partial charge in [0, 0.05) is 14.2 Å². The molecular weight excluding hydrogens is 114 g/mol. The molecule has 54 valence electrons. The molecule has 0 aromatic rings. The van der Waals surface area contributed by atoms with Crippen LogP contribution in [0.1, 0.15) is 13.3 Å². The molecule has 0 spiro atoms. The van der Waals surface area contributed by atoms with Crippen LogP contribution in [0.4, 0.5) is 0 Å². The normalized spacial score (nSPS) is 14.1. The van der Waals surface area contributed by atoms with Gasteiger partial charge in [0.05, 0.1) is 6.10 Å².